The summed E-state index contributed by atoms with van der Waals surface area (Å²) in [6.45, 7) is -0.483. The first-order valence-corrected chi connectivity index (χ1v) is 4.18. The molecule has 1 aromatic heterocycles. The predicted octanol–water partition coefficient (Wildman–Crippen LogP) is -1.28. The average Bonchev–Trinajstić information content (AvgIpc) is 2.27. The smallest absolute Gasteiger partial charge is 0.330 e. The van der Waals surface area contributed by atoms with Gasteiger partial charge in [-0.1, -0.05) is 0 Å². The number of rotatable bonds is 4. The van der Waals surface area contributed by atoms with Crippen molar-refractivity contribution in [2.24, 2.45) is 0 Å². The fraction of sp³-hybridized carbons (Fsp3) is 0.375. The van der Waals surface area contributed by atoms with Crippen LogP contribution in [0.5, 0.6) is 0 Å². The van der Waals surface area contributed by atoms with Gasteiger partial charge in [-0.15, -0.1) is 0 Å². The first kappa shape index (κ1) is 11.2. The number of esters is 1. The lowest BCUT2D eigenvalue weighted by Crippen LogP contribution is -2.36. The number of carbonyl (C=O) groups excluding carboxylic acids is 1. The number of aliphatic hydroxyl groups is 1. The van der Waals surface area contributed by atoms with Crippen molar-refractivity contribution in [3.05, 3.63) is 22.7 Å². The van der Waals surface area contributed by atoms with Crippen LogP contribution in [-0.2, 0) is 9.53 Å². The number of aromatic nitrogens is 2. The van der Waals surface area contributed by atoms with Gasteiger partial charge < -0.3 is 20.1 Å². The maximum atomic E-state index is 11.2. The zero-order valence-electron chi connectivity index (χ0n) is 8.06. The number of H-pyrrole nitrogens is 1. The van der Waals surface area contributed by atoms with Gasteiger partial charge in [0.25, 0.3) is 5.56 Å². The summed E-state index contributed by atoms with van der Waals surface area (Å²) in [5, 5.41) is 11.3. The molecule has 0 aromatic carbocycles. The van der Waals surface area contributed by atoms with Gasteiger partial charge in [-0.25, -0.2) is 9.78 Å². The van der Waals surface area contributed by atoms with E-state index in [4.69, 9.17) is 5.11 Å². The van der Waals surface area contributed by atoms with Crippen LogP contribution in [0.1, 0.15) is 0 Å². The summed E-state index contributed by atoms with van der Waals surface area (Å²) in [6, 6.07) is -0.994. The fourth-order valence-electron chi connectivity index (χ4n) is 0.941. The summed E-state index contributed by atoms with van der Waals surface area (Å²) in [5.41, 5.74) is -0.472. The van der Waals surface area contributed by atoms with Crippen LogP contribution in [0.3, 0.4) is 0 Å². The van der Waals surface area contributed by atoms with Gasteiger partial charge in [0.2, 0.25) is 0 Å². The van der Waals surface area contributed by atoms with Crippen LogP contribution in [0.4, 0.5) is 5.82 Å². The van der Waals surface area contributed by atoms with Crippen molar-refractivity contribution in [2.75, 3.05) is 19.0 Å². The fourth-order valence-corrected chi connectivity index (χ4v) is 0.941. The highest BCUT2D eigenvalue weighted by Gasteiger charge is 2.19. The Kier molecular flexibility index (Phi) is 3.81. The van der Waals surface area contributed by atoms with E-state index in [2.05, 4.69) is 20.0 Å². The van der Waals surface area contributed by atoms with E-state index < -0.39 is 24.2 Å². The number of aliphatic hydroxyl groups excluding tert-OH is 1. The zero-order chi connectivity index (χ0) is 11.3. The Morgan fingerprint density at radius 2 is 2.53 bits per heavy atom. The molecule has 0 amide bonds. The molecule has 7 heteroatoms. The third-order valence-corrected chi connectivity index (χ3v) is 1.69. The summed E-state index contributed by atoms with van der Waals surface area (Å²) in [4.78, 5) is 28.3. The van der Waals surface area contributed by atoms with Crippen LogP contribution >= 0.6 is 0 Å². The number of aromatic amines is 1. The zero-order valence-corrected chi connectivity index (χ0v) is 8.06. The topological polar surface area (TPSA) is 104 Å². The molecule has 1 unspecified atom stereocenters. The first-order chi connectivity index (χ1) is 7.19. The molecule has 0 saturated heterocycles. The van der Waals surface area contributed by atoms with Crippen molar-refractivity contribution < 1.29 is 14.6 Å². The van der Waals surface area contributed by atoms with E-state index >= 15 is 0 Å². The number of methoxy groups -OCH3 is 1. The lowest BCUT2D eigenvalue weighted by atomic mass is 10.3. The third-order valence-electron chi connectivity index (χ3n) is 1.69. The molecular formula is C8H11N3O4. The van der Waals surface area contributed by atoms with Crippen molar-refractivity contribution in [2.45, 2.75) is 6.04 Å². The molecule has 0 aliphatic rings. The summed E-state index contributed by atoms with van der Waals surface area (Å²) in [6.07, 6.45) is 2.72. The van der Waals surface area contributed by atoms with Gasteiger partial charge in [-0.3, -0.25) is 4.79 Å². The number of nitrogens with one attached hydrogen (secondary N) is 2. The summed E-state index contributed by atoms with van der Waals surface area (Å²) < 4.78 is 4.41. The van der Waals surface area contributed by atoms with Crippen molar-refractivity contribution in [3.63, 3.8) is 0 Å². The molecule has 1 atom stereocenters. The summed E-state index contributed by atoms with van der Waals surface area (Å²) in [5.74, 6) is -0.704. The van der Waals surface area contributed by atoms with Crippen LogP contribution in [0.15, 0.2) is 17.2 Å². The van der Waals surface area contributed by atoms with Gasteiger partial charge in [0, 0.05) is 12.4 Å². The molecule has 0 aliphatic heterocycles. The van der Waals surface area contributed by atoms with Gasteiger partial charge in [-0.2, -0.15) is 0 Å². The number of carbonyl (C=O) groups is 1. The standard InChI is InChI=1S/C8H11N3O4/c1-15-8(14)5(4-12)11-6-7(13)10-3-2-9-6/h2-3,5,12H,4H2,1H3,(H,9,11)(H,10,13). The molecule has 0 spiro atoms. The Labute approximate surface area is 85.1 Å². The number of hydrogen-bond acceptors (Lipinski definition) is 6. The van der Waals surface area contributed by atoms with Crippen LogP contribution < -0.4 is 10.9 Å². The molecule has 0 fully saturated rings. The van der Waals surface area contributed by atoms with Crippen molar-refractivity contribution >= 4 is 11.8 Å². The Bertz CT molecular complexity index is 389. The number of ether oxygens (including phenoxy) is 1. The second-order valence-electron chi connectivity index (χ2n) is 2.67. The van der Waals surface area contributed by atoms with Gasteiger partial charge in [0.15, 0.2) is 5.82 Å². The average molecular weight is 213 g/mol. The first-order valence-electron chi connectivity index (χ1n) is 4.18. The molecule has 15 heavy (non-hydrogen) atoms. The second kappa shape index (κ2) is 5.11. The molecule has 7 nitrogen and oxygen atoms in total. The SMILES string of the molecule is COC(=O)C(CO)Nc1ncc[nH]c1=O. The van der Waals surface area contributed by atoms with Crippen LogP contribution in [-0.4, -0.2) is 40.8 Å². The number of hydrogen-bond donors (Lipinski definition) is 3. The van der Waals surface area contributed by atoms with Crippen LogP contribution in [0, 0.1) is 0 Å². The largest absolute Gasteiger partial charge is 0.467 e. The highest BCUT2D eigenvalue weighted by Crippen LogP contribution is 1.97. The Morgan fingerprint density at radius 1 is 1.80 bits per heavy atom. The highest BCUT2D eigenvalue weighted by molar-refractivity contribution is 5.78. The van der Waals surface area contributed by atoms with E-state index in [0.717, 1.165) is 0 Å². The quantitative estimate of drug-likeness (QED) is 0.538. The summed E-state index contributed by atoms with van der Waals surface area (Å²) >= 11 is 0. The van der Waals surface area contributed by atoms with Crippen LogP contribution in [0.2, 0.25) is 0 Å². The lowest BCUT2D eigenvalue weighted by Gasteiger charge is -2.12. The Morgan fingerprint density at radius 3 is 3.07 bits per heavy atom. The van der Waals surface area contributed by atoms with Crippen molar-refractivity contribution in [1.29, 1.82) is 0 Å². The second-order valence-corrected chi connectivity index (χ2v) is 2.67. The molecule has 0 saturated carbocycles. The van der Waals surface area contributed by atoms with Crippen LogP contribution in [0.25, 0.3) is 0 Å². The molecule has 1 rings (SSSR count). The van der Waals surface area contributed by atoms with Crippen molar-refractivity contribution in [3.8, 4) is 0 Å². The van der Waals surface area contributed by atoms with Gasteiger partial charge in [0.05, 0.1) is 13.7 Å². The van der Waals surface area contributed by atoms with E-state index in [1.807, 2.05) is 0 Å². The molecule has 82 valence electrons. The van der Waals surface area contributed by atoms with E-state index in [-0.39, 0.29) is 5.82 Å². The molecule has 0 radical (unpaired) electrons. The molecular weight excluding hydrogens is 202 g/mol. The molecule has 0 aliphatic carbocycles. The minimum Gasteiger partial charge on any atom is -0.467 e. The summed E-state index contributed by atoms with van der Waals surface area (Å²) in [7, 11) is 1.19. The monoisotopic (exact) mass is 213 g/mol. The van der Waals surface area contributed by atoms with Gasteiger partial charge in [0.1, 0.15) is 6.04 Å². The number of anilines is 1. The van der Waals surface area contributed by atoms with E-state index in [0.29, 0.717) is 0 Å². The number of nitrogens with zero attached hydrogens (tertiary/aromatic N) is 1. The molecule has 0 bridgehead atoms. The van der Waals surface area contributed by atoms with Gasteiger partial charge >= 0.3 is 5.97 Å². The molecule has 1 heterocycles. The maximum absolute atomic E-state index is 11.2. The minimum absolute atomic E-state index is 0.0399. The third kappa shape index (κ3) is 2.78. The molecule has 1 aromatic rings. The Hall–Kier alpha value is -1.89. The van der Waals surface area contributed by atoms with E-state index in [1.54, 1.807) is 0 Å². The van der Waals surface area contributed by atoms with Gasteiger partial charge in [-0.05, 0) is 0 Å². The molecule has 3 N–H and O–H groups in total. The van der Waals surface area contributed by atoms with Crippen molar-refractivity contribution in [1.82, 2.24) is 9.97 Å². The normalized spacial score (nSPS) is 11.9. The van der Waals surface area contributed by atoms with E-state index in [1.165, 1.54) is 19.5 Å². The van der Waals surface area contributed by atoms with E-state index in [9.17, 15) is 9.59 Å². The minimum atomic E-state index is -0.994. The Balaban J connectivity index is 2.80. The lowest BCUT2D eigenvalue weighted by molar-refractivity contribution is -0.142. The predicted molar refractivity (Wildman–Crippen MR) is 51.4 cm³/mol. The highest BCUT2D eigenvalue weighted by atomic mass is 16.5. The maximum Gasteiger partial charge on any atom is 0.330 e.